The Morgan fingerprint density at radius 1 is 1.50 bits per heavy atom. The Bertz CT molecular complexity index is 281. The molecule has 1 aromatic rings. The third-order valence-corrected chi connectivity index (χ3v) is 2.27. The second kappa shape index (κ2) is 4.52. The average Bonchev–Trinajstić information content (AvgIpc) is 2.79. The van der Waals surface area contributed by atoms with Crippen molar-refractivity contribution >= 4 is 0 Å². The fraction of sp³-hybridized carbons (Fsp3) is 0.778. The summed E-state index contributed by atoms with van der Waals surface area (Å²) in [6, 6.07) is 0. The monoisotopic (exact) mass is 198 g/mol. The normalized spacial score (nSPS) is 21.6. The van der Waals surface area contributed by atoms with Crippen molar-refractivity contribution in [3.8, 4) is 0 Å². The minimum absolute atomic E-state index is 0.0432. The Balaban J connectivity index is 1.88. The van der Waals surface area contributed by atoms with Gasteiger partial charge in [0.2, 0.25) is 5.89 Å². The maximum atomic E-state index is 8.66. The van der Waals surface area contributed by atoms with Crippen molar-refractivity contribution in [2.24, 2.45) is 0 Å². The largest absolute Gasteiger partial charge is 0.396 e. The molecular formula is C9H14N2O3. The molecule has 1 aromatic heterocycles. The average molecular weight is 198 g/mol. The summed E-state index contributed by atoms with van der Waals surface area (Å²) in [6.45, 7) is 0.883. The number of aliphatic hydroxyl groups excluding tert-OH is 1. The van der Waals surface area contributed by atoms with Gasteiger partial charge in [-0.15, -0.1) is 0 Å². The summed E-state index contributed by atoms with van der Waals surface area (Å²) in [5.74, 6) is 1.18. The first-order chi connectivity index (χ1) is 6.88. The number of hydrogen-bond donors (Lipinski definition) is 1. The van der Waals surface area contributed by atoms with Gasteiger partial charge in [-0.1, -0.05) is 5.16 Å². The Morgan fingerprint density at radius 2 is 2.43 bits per heavy atom. The van der Waals surface area contributed by atoms with Gasteiger partial charge >= 0.3 is 0 Å². The fourth-order valence-corrected chi connectivity index (χ4v) is 1.58. The predicted octanol–water partition coefficient (Wildman–Crippen LogP) is 0.326. The van der Waals surface area contributed by atoms with Gasteiger partial charge in [-0.3, -0.25) is 0 Å². The van der Waals surface area contributed by atoms with Crippen LogP contribution >= 0.6 is 0 Å². The van der Waals surface area contributed by atoms with Crippen molar-refractivity contribution in [1.82, 2.24) is 10.1 Å². The van der Waals surface area contributed by atoms with Crippen molar-refractivity contribution in [1.29, 1.82) is 0 Å². The second-order valence-corrected chi connectivity index (χ2v) is 3.42. The maximum absolute atomic E-state index is 8.66. The van der Waals surface area contributed by atoms with E-state index in [4.69, 9.17) is 14.4 Å². The van der Waals surface area contributed by atoms with Crippen LogP contribution in [0.2, 0.25) is 0 Å². The molecule has 0 saturated carbocycles. The van der Waals surface area contributed by atoms with E-state index in [0.29, 0.717) is 18.1 Å². The molecule has 2 heterocycles. The maximum Gasteiger partial charge on any atom is 0.228 e. The molecule has 0 amide bonds. The minimum atomic E-state index is 0.0432. The van der Waals surface area contributed by atoms with Crippen molar-refractivity contribution in [2.45, 2.75) is 31.8 Å². The first-order valence-corrected chi connectivity index (χ1v) is 4.92. The van der Waals surface area contributed by atoms with Crippen molar-refractivity contribution in [2.75, 3.05) is 13.2 Å². The highest BCUT2D eigenvalue weighted by Crippen LogP contribution is 2.15. The van der Waals surface area contributed by atoms with Crippen molar-refractivity contribution in [3.05, 3.63) is 11.7 Å². The van der Waals surface area contributed by atoms with E-state index in [1.807, 2.05) is 0 Å². The van der Waals surface area contributed by atoms with Crippen LogP contribution in [0.1, 0.15) is 24.6 Å². The smallest absolute Gasteiger partial charge is 0.228 e. The van der Waals surface area contributed by atoms with Crippen LogP contribution in [0.4, 0.5) is 0 Å². The first kappa shape index (κ1) is 9.61. The zero-order valence-corrected chi connectivity index (χ0v) is 7.98. The summed E-state index contributed by atoms with van der Waals surface area (Å²) in [4.78, 5) is 4.15. The van der Waals surface area contributed by atoms with Crippen LogP contribution in [0.3, 0.4) is 0 Å². The molecule has 2 rings (SSSR count). The standard InChI is InChI=1S/C9H14N2O3/c12-4-3-9-10-8(11-14-9)6-7-2-1-5-13-7/h7,12H,1-6H2. The van der Waals surface area contributed by atoms with E-state index in [0.717, 1.165) is 25.9 Å². The molecule has 0 aliphatic carbocycles. The molecule has 0 aromatic carbocycles. The summed E-state index contributed by atoms with van der Waals surface area (Å²) in [6.07, 6.45) is 3.58. The summed E-state index contributed by atoms with van der Waals surface area (Å²) >= 11 is 0. The van der Waals surface area contributed by atoms with Crippen LogP contribution in [-0.4, -0.2) is 34.6 Å². The number of rotatable bonds is 4. The molecule has 78 valence electrons. The lowest BCUT2D eigenvalue weighted by Crippen LogP contribution is -2.09. The fourth-order valence-electron chi connectivity index (χ4n) is 1.58. The van der Waals surface area contributed by atoms with E-state index in [1.165, 1.54) is 0 Å². The predicted molar refractivity (Wildman–Crippen MR) is 47.8 cm³/mol. The van der Waals surface area contributed by atoms with Gasteiger partial charge in [-0.2, -0.15) is 4.98 Å². The molecule has 1 aliphatic rings. The van der Waals surface area contributed by atoms with Gasteiger partial charge in [-0.05, 0) is 12.8 Å². The molecule has 1 aliphatic heterocycles. The summed E-state index contributed by atoms with van der Waals surface area (Å²) in [5.41, 5.74) is 0. The molecular weight excluding hydrogens is 184 g/mol. The van der Waals surface area contributed by atoms with Crippen LogP contribution < -0.4 is 0 Å². The zero-order valence-electron chi connectivity index (χ0n) is 7.98. The van der Waals surface area contributed by atoms with Gasteiger partial charge < -0.3 is 14.4 Å². The molecule has 0 bridgehead atoms. The lowest BCUT2D eigenvalue weighted by atomic mass is 10.2. The highest BCUT2D eigenvalue weighted by Gasteiger charge is 2.18. The Labute approximate surface area is 82.1 Å². The zero-order chi connectivity index (χ0) is 9.80. The minimum Gasteiger partial charge on any atom is -0.396 e. The van der Waals surface area contributed by atoms with Gasteiger partial charge in [0.05, 0.1) is 19.1 Å². The Morgan fingerprint density at radius 3 is 3.14 bits per heavy atom. The Hall–Kier alpha value is -0.940. The first-order valence-electron chi connectivity index (χ1n) is 4.92. The van der Waals surface area contributed by atoms with E-state index in [-0.39, 0.29) is 12.7 Å². The van der Waals surface area contributed by atoms with Crippen molar-refractivity contribution < 1.29 is 14.4 Å². The van der Waals surface area contributed by atoms with Crippen molar-refractivity contribution in [3.63, 3.8) is 0 Å². The van der Waals surface area contributed by atoms with Gasteiger partial charge in [-0.25, -0.2) is 0 Å². The van der Waals surface area contributed by atoms with E-state index in [1.54, 1.807) is 0 Å². The number of ether oxygens (including phenoxy) is 1. The van der Waals surface area contributed by atoms with E-state index >= 15 is 0 Å². The molecule has 0 radical (unpaired) electrons. The van der Waals surface area contributed by atoms with Gasteiger partial charge in [0, 0.05) is 13.0 Å². The molecule has 1 atom stereocenters. The van der Waals surface area contributed by atoms with Gasteiger partial charge in [0.25, 0.3) is 0 Å². The summed E-state index contributed by atoms with van der Waals surface area (Å²) in [5, 5.41) is 12.5. The van der Waals surface area contributed by atoms with Crippen LogP contribution in [0.5, 0.6) is 0 Å². The van der Waals surface area contributed by atoms with E-state index < -0.39 is 0 Å². The van der Waals surface area contributed by atoms with E-state index in [9.17, 15) is 0 Å². The number of hydrogen-bond acceptors (Lipinski definition) is 5. The highest BCUT2D eigenvalue weighted by molar-refractivity contribution is 4.89. The summed E-state index contributed by atoms with van der Waals surface area (Å²) < 4.78 is 10.4. The lowest BCUT2D eigenvalue weighted by molar-refractivity contribution is 0.109. The van der Waals surface area contributed by atoms with Crippen LogP contribution in [0.15, 0.2) is 4.52 Å². The number of nitrogens with zero attached hydrogens (tertiary/aromatic N) is 2. The molecule has 1 fully saturated rings. The van der Waals surface area contributed by atoms with Crippen LogP contribution in [0.25, 0.3) is 0 Å². The topological polar surface area (TPSA) is 68.4 Å². The second-order valence-electron chi connectivity index (χ2n) is 3.42. The molecule has 1 unspecified atom stereocenters. The van der Waals surface area contributed by atoms with Crippen LogP contribution in [0, 0.1) is 0 Å². The quantitative estimate of drug-likeness (QED) is 0.754. The highest BCUT2D eigenvalue weighted by atomic mass is 16.5. The van der Waals surface area contributed by atoms with E-state index in [2.05, 4.69) is 10.1 Å². The molecule has 1 N–H and O–H groups in total. The Kier molecular flexibility index (Phi) is 3.10. The molecule has 0 spiro atoms. The molecule has 14 heavy (non-hydrogen) atoms. The number of aliphatic hydroxyl groups is 1. The van der Waals surface area contributed by atoms with Gasteiger partial charge in [0.15, 0.2) is 5.82 Å². The number of aromatic nitrogens is 2. The van der Waals surface area contributed by atoms with Crippen LogP contribution in [-0.2, 0) is 17.6 Å². The third kappa shape index (κ3) is 2.30. The van der Waals surface area contributed by atoms with Gasteiger partial charge in [0.1, 0.15) is 0 Å². The molecule has 1 saturated heterocycles. The summed E-state index contributed by atoms with van der Waals surface area (Å²) in [7, 11) is 0. The SMILES string of the molecule is OCCc1nc(CC2CCCO2)no1. The molecule has 5 nitrogen and oxygen atoms in total. The molecule has 5 heteroatoms. The lowest BCUT2D eigenvalue weighted by Gasteiger charge is -2.03. The third-order valence-electron chi connectivity index (χ3n) is 2.27.